The molecule has 11 atom stereocenters. The summed E-state index contributed by atoms with van der Waals surface area (Å²) in [4.78, 5) is 52.9. The zero-order chi connectivity index (χ0) is 35.0. The number of ether oxygens (including phenoxy) is 4. The molecule has 16 heteroatoms. The molecule has 5 rings (SSSR count). The number of ketones is 1. The summed E-state index contributed by atoms with van der Waals surface area (Å²) in [5.41, 5.74) is -7.19. The fraction of sp³-hybridized carbons (Fsp3) is 0.818. The summed E-state index contributed by atoms with van der Waals surface area (Å²) >= 11 is 0. The van der Waals surface area contributed by atoms with Crippen molar-refractivity contribution in [3.63, 3.8) is 0 Å². The van der Waals surface area contributed by atoms with Gasteiger partial charge in [0.15, 0.2) is 11.9 Å². The van der Waals surface area contributed by atoms with Crippen LogP contribution in [-0.2, 0) is 33.3 Å². The molecule has 14 nitrogen and oxygen atoms in total. The maximum Gasteiger partial charge on any atom is 0.407 e. The van der Waals surface area contributed by atoms with E-state index in [-0.39, 0.29) is 131 Å². The second kappa shape index (κ2) is 15.6. The molecular formula is C33H49Ac2NO13. The molecule has 1 saturated heterocycles. The Morgan fingerprint density at radius 3 is 2.18 bits per heavy atom. The van der Waals surface area contributed by atoms with Crippen LogP contribution in [0.3, 0.4) is 0 Å². The van der Waals surface area contributed by atoms with E-state index in [0.717, 1.165) is 6.92 Å². The topological polar surface area (TPSA) is 218 Å². The molecule has 0 spiro atoms. The van der Waals surface area contributed by atoms with Crippen LogP contribution in [-0.4, -0.2) is 116 Å². The van der Waals surface area contributed by atoms with E-state index < -0.39 is 101 Å². The Kier molecular flexibility index (Phi) is 13.9. The van der Waals surface area contributed by atoms with Crippen molar-refractivity contribution in [3.8, 4) is 0 Å². The van der Waals surface area contributed by atoms with Crippen LogP contribution in [0.2, 0.25) is 0 Å². The van der Waals surface area contributed by atoms with Crippen LogP contribution < -0.4 is 5.32 Å². The Labute approximate surface area is 357 Å². The number of amides is 1. The summed E-state index contributed by atoms with van der Waals surface area (Å²) < 4.78 is 22.3. The predicted octanol–water partition coefficient (Wildman–Crippen LogP) is 0.290. The van der Waals surface area contributed by atoms with Gasteiger partial charge in [0.05, 0.1) is 36.9 Å². The van der Waals surface area contributed by atoms with E-state index in [1.165, 1.54) is 13.8 Å². The quantitative estimate of drug-likeness (QED) is 0.110. The standard InChI is InChI=1S/C33H49NO13.2Ac/c1-14(2)12-44-29(41)34-22(17-8-9-17)24(38)28(40)47-18-11-33(43)27(46-16(4)35)25-31(7,19(36)10-20-32(25,42)13-45-20)26(39)23(37)21(15(18)3)30(33,5)6;;/h14,17-20,22-25,27,36-38,42-43H,8-13H2,1-7H3,(H,34,41);;/t18?,19-,20+,22-,23+,24+,25-,27-,31+,32-,33+;;/m0../s1. The van der Waals surface area contributed by atoms with E-state index in [1.54, 1.807) is 13.8 Å². The summed E-state index contributed by atoms with van der Waals surface area (Å²) in [6, 6.07) is -1.01. The summed E-state index contributed by atoms with van der Waals surface area (Å²) in [6.45, 7) is 10.7. The van der Waals surface area contributed by atoms with Crippen LogP contribution in [0.1, 0.15) is 74.1 Å². The molecule has 0 aromatic carbocycles. The third-order valence-corrected chi connectivity index (χ3v) is 11.5. The molecule has 49 heavy (non-hydrogen) atoms. The van der Waals surface area contributed by atoms with Gasteiger partial charge in [-0.1, -0.05) is 27.7 Å². The average Bonchev–Trinajstić information content (AvgIpc) is 3.82. The second-order valence-corrected chi connectivity index (χ2v) is 15.3. The minimum absolute atomic E-state index is 0. The molecule has 1 unspecified atom stereocenters. The molecule has 2 radical (unpaired) electrons. The van der Waals surface area contributed by atoms with Crippen LogP contribution in [0.15, 0.2) is 11.1 Å². The van der Waals surface area contributed by atoms with Crippen LogP contribution in [0, 0.1) is 117 Å². The number of nitrogens with one attached hydrogen (secondary N) is 1. The number of aliphatic hydroxyl groups excluding tert-OH is 3. The van der Waals surface area contributed by atoms with Gasteiger partial charge in [-0.15, -0.1) is 0 Å². The van der Waals surface area contributed by atoms with Crippen molar-refractivity contribution in [1.82, 2.24) is 5.32 Å². The SMILES string of the molecule is CC(=O)O[C@H]1[C@@H]2[C@]3(O)CO[C@@H]3C[C@H](O)[C@@]2(C)C(=O)[C@H](O)C2=C(C)C(OC(=O)[C@H](O)[C@@H](NC(=O)OCC(C)C)C3CC3)C[C@]1(O)C2(C)C.[Ac].[Ac]. The third kappa shape index (κ3) is 7.39. The van der Waals surface area contributed by atoms with Gasteiger partial charge >= 0.3 is 18.0 Å². The minimum atomic E-state index is -2.20. The summed E-state index contributed by atoms with van der Waals surface area (Å²) in [6.07, 6.45) is -9.13. The number of esters is 2. The van der Waals surface area contributed by atoms with Gasteiger partial charge in [-0.05, 0) is 49.7 Å². The summed E-state index contributed by atoms with van der Waals surface area (Å²) in [5, 5.41) is 61.6. The second-order valence-electron chi connectivity index (χ2n) is 15.3. The zero-order valence-electron chi connectivity index (χ0n) is 29.2. The maximum atomic E-state index is 14.3. The molecule has 1 aliphatic heterocycles. The fourth-order valence-electron chi connectivity index (χ4n) is 8.48. The van der Waals surface area contributed by atoms with Gasteiger partial charge in [0.1, 0.15) is 29.5 Å². The molecule has 3 saturated carbocycles. The van der Waals surface area contributed by atoms with Crippen molar-refractivity contribution in [3.05, 3.63) is 11.1 Å². The van der Waals surface area contributed by atoms with Gasteiger partial charge in [-0.3, -0.25) is 9.59 Å². The van der Waals surface area contributed by atoms with E-state index in [0.29, 0.717) is 12.8 Å². The van der Waals surface area contributed by atoms with Crippen molar-refractivity contribution in [1.29, 1.82) is 0 Å². The number of carbonyl (C=O) groups excluding carboxylic acids is 4. The van der Waals surface area contributed by atoms with Crippen molar-refractivity contribution in [2.45, 2.75) is 128 Å². The van der Waals surface area contributed by atoms with Crippen LogP contribution in [0.5, 0.6) is 0 Å². The Hall–Kier alpha value is 0.263. The largest absolute Gasteiger partial charge is 0.459 e. The number of aliphatic hydroxyl groups is 5. The van der Waals surface area contributed by atoms with Crippen LogP contribution in [0.25, 0.3) is 0 Å². The Morgan fingerprint density at radius 2 is 1.67 bits per heavy atom. The fourth-order valence-corrected chi connectivity index (χ4v) is 8.48. The van der Waals surface area contributed by atoms with Gasteiger partial charge in [-0.2, -0.15) is 0 Å². The molecule has 4 aliphatic carbocycles. The molecule has 0 aromatic heterocycles. The maximum absolute atomic E-state index is 14.3. The first-order chi connectivity index (χ1) is 21.7. The van der Waals surface area contributed by atoms with Gasteiger partial charge in [-0.25, -0.2) is 9.59 Å². The van der Waals surface area contributed by atoms with E-state index >= 15 is 0 Å². The molecular weight excluding hydrogens is 1070 g/mol. The van der Waals surface area contributed by atoms with E-state index in [2.05, 4.69) is 5.32 Å². The zero-order valence-corrected chi connectivity index (χ0v) is 38.7. The third-order valence-electron chi connectivity index (χ3n) is 11.5. The van der Waals surface area contributed by atoms with Gasteiger partial charge < -0.3 is 49.8 Å². The van der Waals surface area contributed by atoms with Gasteiger partial charge in [0.2, 0.25) is 0 Å². The number of fused-ring (bicyclic) bond motifs is 5. The molecule has 1 heterocycles. The van der Waals surface area contributed by atoms with Crippen molar-refractivity contribution >= 4 is 23.8 Å². The van der Waals surface area contributed by atoms with E-state index in [4.69, 9.17) is 18.9 Å². The molecule has 1 amide bonds. The van der Waals surface area contributed by atoms with Crippen LogP contribution >= 0.6 is 0 Å². The minimum Gasteiger partial charge on any atom is -0.459 e. The van der Waals surface area contributed by atoms with E-state index in [9.17, 15) is 44.7 Å². The molecule has 2 bridgehead atoms. The Balaban J connectivity index is 0.00000325. The summed E-state index contributed by atoms with van der Waals surface area (Å²) in [5.74, 6) is -4.39. The number of Topliss-reactive ketones (excluding diaryl/α,β-unsaturated/α-hetero) is 1. The number of alkyl carbamates (subject to hydrolysis) is 1. The Bertz CT molecular complexity index is 1350. The summed E-state index contributed by atoms with van der Waals surface area (Å²) in [7, 11) is 0. The molecule has 6 N–H and O–H groups in total. The molecule has 0 aromatic rings. The van der Waals surface area contributed by atoms with Gasteiger partial charge in [0, 0.05) is 119 Å². The molecule has 4 fully saturated rings. The molecule has 270 valence electrons. The molecule has 5 aliphatic rings. The monoisotopic (exact) mass is 1120 g/mol. The van der Waals surface area contributed by atoms with Crippen molar-refractivity contribution in [2.75, 3.05) is 13.2 Å². The smallest absolute Gasteiger partial charge is 0.407 e. The van der Waals surface area contributed by atoms with Crippen molar-refractivity contribution in [2.24, 2.45) is 28.6 Å². The Morgan fingerprint density at radius 1 is 1.06 bits per heavy atom. The first-order valence-electron chi connectivity index (χ1n) is 16.4. The number of rotatable bonds is 8. The first kappa shape index (κ1) is 43.7. The number of hydrogen-bond donors (Lipinski definition) is 6. The average molecular weight is 1120 g/mol. The number of hydrogen-bond acceptors (Lipinski definition) is 13. The normalized spacial score (nSPS) is 38.8. The van der Waals surface area contributed by atoms with Gasteiger partial charge in [0.25, 0.3) is 0 Å². The first-order valence-corrected chi connectivity index (χ1v) is 16.4. The predicted molar refractivity (Wildman–Crippen MR) is 161 cm³/mol. The van der Waals surface area contributed by atoms with Crippen molar-refractivity contribution < 1.29 is 152 Å². The van der Waals surface area contributed by atoms with Crippen LogP contribution in [0.4, 0.5) is 4.79 Å². The van der Waals surface area contributed by atoms with E-state index in [1.807, 2.05) is 13.8 Å². The number of carbonyl (C=O) groups is 4.